The van der Waals surface area contributed by atoms with Gasteiger partial charge >= 0.3 is 6.03 Å². The Bertz CT molecular complexity index is 1240. The molecule has 3 amide bonds. The number of anilines is 1. The summed E-state index contributed by atoms with van der Waals surface area (Å²) in [7, 11) is 0. The van der Waals surface area contributed by atoms with Crippen LogP contribution >= 0.6 is 0 Å². The third kappa shape index (κ3) is 7.55. The zero-order valence-corrected chi connectivity index (χ0v) is 21.1. The molecule has 0 aliphatic heterocycles. The first-order valence-corrected chi connectivity index (χ1v) is 12.6. The molecule has 4 aromatic rings. The molecule has 37 heavy (non-hydrogen) atoms. The number of carbonyl (C=O) groups is 2. The molecule has 0 fully saturated rings. The summed E-state index contributed by atoms with van der Waals surface area (Å²) in [4.78, 5) is 26.1. The number of nitrogens with one attached hydrogen (secondary N) is 3. The van der Waals surface area contributed by atoms with Crippen molar-refractivity contribution in [2.45, 2.75) is 31.7 Å². The molecular weight excluding hydrogens is 458 g/mol. The molecule has 0 heterocycles. The van der Waals surface area contributed by atoms with Crippen molar-refractivity contribution in [3.05, 3.63) is 138 Å². The van der Waals surface area contributed by atoms with Gasteiger partial charge < -0.3 is 16.0 Å². The van der Waals surface area contributed by atoms with Gasteiger partial charge in [-0.1, -0.05) is 109 Å². The van der Waals surface area contributed by atoms with E-state index in [1.807, 2.05) is 97.9 Å². The Morgan fingerprint density at radius 1 is 0.703 bits per heavy atom. The number of urea groups is 1. The fourth-order valence-corrected chi connectivity index (χ4v) is 4.45. The van der Waals surface area contributed by atoms with Crippen LogP contribution in [0.4, 0.5) is 10.5 Å². The number of para-hydroxylation sites is 1. The van der Waals surface area contributed by atoms with Crippen molar-refractivity contribution < 1.29 is 9.59 Å². The van der Waals surface area contributed by atoms with Gasteiger partial charge in [0.2, 0.25) is 5.91 Å². The average Bonchev–Trinajstić information content (AvgIpc) is 2.93. The highest BCUT2D eigenvalue weighted by molar-refractivity contribution is 5.94. The molecule has 5 nitrogen and oxygen atoms in total. The van der Waals surface area contributed by atoms with Crippen molar-refractivity contribution >= 4 is 17.6 Å². The summed E-state index contributed by atoms with van der Waals surface area (Å²) < 4.78 is 0. The Kier molecular flexibility index (Phi) is 9.08. The molecule has 0 aliphatic carbocycles. The molecule has 0 aliphatic rings. The van der Waals surface area contributed by atoms with E-state index in [0.29, 0.717) is 18.7 Å². The van der Waals surface area contributed by atoms with Gasteiger partial charge in [0.1, 0.15) is 6.04 Å². The van der Waals surface area contributed by atoms with Gasteiger partial charge in [-0.25, -0.2) is 4.79 Å². The molecule has 5 heteroatoms. The molecule has 0 saturated carbocycles. The normalized spacial score (nSPS) is 11.5. The van der Waals surface area contributed by atoms with Gasteiger partial charge in [0.25, 0.3) is 0 Å². The van der Waals surface area contributed by atoms with Crippen molar-refractivity contribution in [3.63, 3.8) is 0 Å². The van der Waals surface area contributed by atoms with E-state index in [-0.39, 0.29) is 11.8 Å². The van der Waals surface area contributed by atoms with E-state index in [9.17, 15) is 9.59 Å². The maximum Gasteiger partial charge on any atom is 0.319 e. The monoisotopic (exact) mass is 491 g/mol. The van der Waals surface area contributed by atoms with Crippen LogP contribution in [0, 0.1) is 6.92 Å². The van der Waals surface area contributed by atoms with Crippen LogP contribution in [-0.2, 0) is 11.2 Å². The first-order valence-electron chi connectivity index (χ1n) is 12.6. The molecule has 1 atom stereocenters. The van der Waals surface area contributed by atoms with E-state index in [0.717, 1.165) is 17.5 Å². The van der Waals surface area contributed by atoms with Crippen molar-refractivity contribution in [2.24, 2.45) is 0 Å². The van der Waals surface area contributed by atoms with Gasteiger partial charge in [-0.3, -0.25) is 4.79 Å². The second-order valence-electron chi connectivity index (χ2n) is 9.11. The van der Waals surface area contributed by atoms with E-state index in [1.165, 1.54) is 11.1 Å². The van der Waals surface area contributed by atoms with Gasteiger partial charge in [0.05, 0.1) is 0 Å². The number of aryl methyl sites for hydroxylation is 1. The summed E-state index contributed by atoms with van der Waals surface area (Å²) in [5.74, 6) is -0.0451. The first-order chi connectivity index (χ1) is 18.1. The van der Waals surface area contributed by atoms with Crippen LogP contribution in [0.2, 0.25) is 0 Å². The van der Waals surface area contributed by atoms with Gasteiger partial charge in [-0.2, -0.15) is 0 Å². The third-order valence-electron chi connectivity index (χ3n) is 6.43. The highest BCUT2D eigenvalue weighted by Crippen LogP contribution is 2.27. The molecule has 1 unspecified atom stereocenters. The van der Waals surface area contributed by atoms with Crippen LogP contribution in [0.25, 0.3) is 0 Å². The fraction of sp³-hybridized carbons (Fsp3) is 0.188. The zero-order valence-electron chi connectivity index (χ0n) is 21.1. The summed E-state index contributed by atoms with van der Waals surface area (Å²) in [6.45, 7) is 2.42. The minimum absolute atomic E-state index is 0.160. The Labute approximate surface area is 218 Å². The maximum absolute atomic E-state index is 13.3. The highest BCUT2D eigenvalue weighted by Gasteiger charge is 2.22. The van der Waals surface area contributed by atoms with E-state index >= 15 is 0 Å². The number of hydrogen-bond acceptors (Lipinski definition) is 2. The van der Waals surface area contributed by atoms with E-state index in [1.54, 1.807) is 0 Å². The lowest BCUT2D eigenvalue weighted by Crippen LogP contribution is -2.49. The molecule has 0 bridgehead atoms. The number of rotatable bonds is 10. The highest BCUT2D eigenvalue weighted by atomic mass is 16.2. The van der Waals surface area contributed by atoms with Crippen molar-refractivity contribution in [2.75, 3.05) is 11.9 Å². The van der Waals surface area contributed by atoms with Crippen LogP contribution in [0.3, 0.4) is 0 Å². The summed E-state index contributed by atoms with van der Waals surface area (Å²) >= 11 is 0. The standard InChI is InChI=1S/C32H33N3O2/c1-24-13-11-12-20-29(24)34-32(37)35-30(23-25-14-5-2-6-15-25)31(36)33-22-21-28(26-16-7-3-8-17-26)27-18-9-4-10-19-27/h2-20,28,30H,21-23H2,1H3,(H,33,36)(H2,34,35,37). The predicted octanol–water partition coefficient (Wildman–Crippen LogP) is 6.07. The van der Waals surface area contributed by atoms with Crippen molar-refractivity contribution in [3.8, 4) is 0 Å². The van der Waals surface area contributed by atoms with Gasteiger partial charge in [0.15, 0.2) is 0 Å². The largest absolute Gasteiger partial charge is 0.354 e. The number of amides is 3. The van der Waals surface area contributed by atoms with Gasteiger partial charge in [-0.15, -0.1) is 0 Å². The van der Waals surface area contributed by atoms with Crippen molar-refractivity contribution in [1.82, 2.24) is 10.6 Å². The average molecular weight is 492 g/mol. The molecule has 4 rings (SSSR count). The van der Waals surface area contributed by atoms with E-state index < -0.39 is 12.1 Å². The molecule has 188 valence electrons. The lowest BCUT2D eigenvalue weighted by molar-refractivity contribution is -0.122. The Morgan fingerprint density at radius 2 is 1.24 bits per heavy atom. The molecule has 0 saturated heterocycles. The third-order valence-corrected chi connectivity index (χ3v) is 6.43. The van der Waals surface area contributed by atoms with E-state index in [4.69, 9.17) is 0 Å². The van der Waals surface area contributed by atoms with Crippen LogP contribution in [0.15, 0.2) is 115 Å². The summed E-state index contributed by atoms with van der Waals surface area (Å²) in [5.41, 5.74) is 5.06. The van der Waals surface area contributed by atoms with Crippen LogP contribution in [0.5, 0.6) is 0 Å². The quantitative estimate of drug-likeness (QED) is 0.252. The van der Waals surface area contributed by atoms with E-state index in [2.05, 4.69) is 40.2 Å². The molecule has 4 aromatic carbocycles. The number of benzene rings is 4. The minimum Gasteiger partial charge on any atom is -0.354 e. The predicted molar refractivity (Wildman–Crippen MR) is 150 cm³/mol. The lowest BCUT2D eigenvalue weighted by atomic mass is 9.88. The Hall–Kier alpha value is -4.38. The number of hydrogen-bond donors (Lipinski definition) is 3. The topological polar surface area (TPSA) is 70.2 Å². The van der Waals surface area contributed by atoms with Gasteiger partial charge in [0, 0.05) is 24.6 Å². The molecular formula is C32H33N3O2. The maximum atomic E-state index is 13.3. The van der Waals surface area contributed by atoms with Crippen LogP contribution in [-0.4, -0.2) is 24.5 Å². The SMILES string of the molecule is Cc1ccccc1NC(=O)NC(Cc1ccccc1)C(=O)NCCC(c1ccccc1)c1ccccc1. The smallest absolute Gasteiger partial charge is 0.319 e. The summed E-state index contributed by atoms with van der Waals surface area (Å²) in [5, 5.41) is 8.82. The molecule has 3 N–H and O–H groups in total. The fourth-order valence-electron chi connectivity index (χ4n) is 4.45. The minimum atomic E-state index is -0.710. The lowest BCUT2D eigenvalue weighted by Gasteiger charge is -2.22. The second-order valence-corrected chi connectivity index (χ2v) is 9.11. The van der Waals surface area contributed by atoms with Crippen LogP contribution < -0.4 is 16.0 Å². The number of carbonyl (C=O) groups excluding carboxylic acids is 2. The van der Waals surface area contributed by atoms with Crippen molar-refractivity contribution in [1.29, 1.82) is 0 Å². The summed E-state index contributed by atoms with van der Waals surface area (Å²) in [6.07, 6.45) is 1.14. The zero-order chi connectivity index (χ0) is 25.9. The van der Waals surface area contributed by atoms with Gasteiger partial charge in [-0.05, 0) is 41.7 Å². The van der Waals surface area contributed by atoms with Crippen LogP contribution in [0.1, 0.15) is 34.6 Å². The summed E-state index contributed by atoms with van der Waals surface area (Å²) in [6, 6.07) is 36.8. The first kappa shape index (κ1) is 25.7. The second kappa shape index (κ2) is 13.1. The molecule has 0 spiro atoms. The Balaban J connectivity index is 1.43. The molecule has 0 aromatic heterocycles. The Morgan fingerprint density at radius 3 is 1.84 bits per heavy atom. The molecule has 0 radical (unpaired) electrons.